The Morgan fingerprint density at radius 2 is 1.58 bits per heavy atom. The third kappa shape index (κ3) is 11.2. The first-order chi connectivity index (χ1) is 34.1. The molecule has 10 atom stereocenters. The first kappa shape index (κ1) is 50.2. The number of unbranched alkanes of at least 4 members (excludes halogenated alkanes) is 2. The maximum absolute atomic E-state index is 16.7. The molecule has 29 heteroatoms. The number of aromatic nitrogens is 8. The Morgan fingerprint density at radius 3 is 2.34 bits per heavy atom. The number of H-pyrrole nitrogens is 1. The number of phosphoric ester groups is 1. The fraction of sp³-hybridized carbons (Fsp3) is 0.429. The Hall–Kier alpha value is -5.73. The zero-order chi connectivity index (χ0) is 50.0. The molecule has 71 heavy (non-hydrogen) atoms. The maximum atomic E-state index is 16.7. The van der Waals surface area contributed by atoms with Crippen LogP contribution in [-0.4, -0.2) is 112 Å². The van der Waals surface area contributed by atoms with Crippen molar-refractivity contribution in [3.8, 4) is 11.5 Å². The smallest absolute Gasteiger partial charge is 0.427 e. The molecule has 9 rings (SSSR count). The molecule has 3 aliphatic rings. The number of fused-ring (bicyclic) bond motifs is 5. The van der Waals surface area contributed by atoms with Gasteiger partial charge in [-0.3, -0.25) is 37.3 Å². The molecule has 0 amide bonds. The number of anilines is 2. The van der Waals surface area contributed by atoms with Crippen LogP contribution in [-0.2, 0) is 47.5 Å². The van der Waals surface area contributed by atoms with Gasteiger partial charge in [0, 0.05) is 18.6 Å². The SMILES string of the molecule is CCCCCC(=O)Oc1ccc(C(=O)Oc2ccc(CSP3(=O)CO[C@H]4[C@@H](F)[C@H](n5cnc6c(N)ncnc65)O[C@@H]4CCOP(=O)(O)O[C@@H]4[C@H](F)C(CO3)O[C@H]4n3cnc4c(=O)[nH]c(N)nc43)cc2)cc1. The number of esters is 2. The average Bonchev–Trinajstić information content (AvgIpc) is 4.11. The molecule has 2 aromatic carbocycles. The summed E-state index contributed by atoms with van der Waals surface area (Å²) in [5, 5.41) is 0. The molecule has 0 saturated carbocycles. The topological polar surface area (TPSA) is 322 Å². The van der Waals surface area contributed by atoms with E-state index in [1.165, 1.54) is 47.3 Å². The number of ether oxygens (including phenoxy) is 5. The fourth-order valence-electron chi connectivity index (χ4n) is 8.00. The first-order valence-electron chi connectivity index (χ1n) is 22.1. The van der Waals surface area contributed by atoms with E-state index < -0.39 is 94.7 Å². The van der Waals surface area contributed by atoms with E-state index >= 15 is 8.78 Å². The average molecular weight is 1050 g/mol. The molecule has 0 radical (unpaired) electrons. The molecule has 24 nitrogen and oxygen atoms in total. The number of benzene rings is 2. The van der Waals surface area contributed by atoms with Crippen LogP contribution in [0.25, 0.3) is 22.3 Å². The van der Waals surface area contributed by atoms with Gasteiger partial charge in [-0.05, 0) is 48.4 Å². The second kappa shape index (κ2) is 21.2. The third-order valence-corrected chi connectivity index (χ3v) is 16.6. The van der Waals surface area contributed by atoms with E-state index in [2.05, 4.69) is 29.9 Å². The summed E-state index contributed by atoms with van der Waals surface area (Å²) >= 11 is 0.772. The lowest BCUT2D eigenvalue weighted by molar-refractivity contribution is -0.134. The molecule has 3 fully saturated rings. The summed E-state index contributed by atoms with van der Waals surface area (Å²) in [6, 6.07) is 12.1. The van der Waals surface area contributed by atoms with Crippen molar-refractivity contribution in [2.75, 3.05) is 31.0 Å². The summed E-state index contributed by atoms with van der Waals surface area (Å²) in [6.45, 7) is -3.55. The third-order valence-electron chi connectivity index (χ3n) is 11.6. The van der Waals surface area contributed by atoms with Crippen molar-refractivity contribution < 1.29 is 69.6 Å². The van der Waals surface area contributed by atoms with Gasteiger partial charge >= 0.3 is 19.8 Å². The van der Waals surface area contributed by atoms with Crippen molar-refractivity contribution in [1.82, 2.24) is 39.0 Å². The Kier molecular flexibility index (Phi) is 15.0. The van der Waals surface area contributed by atoms with Crippen LogP contribution >= 0.6 is 25.8 Å². The molecule has 3 unspecified atom stereocenters. The number of nitrogens with zero attached hydrogens (tertiary/aromatic N) is 7. The lowest BCUT2D eigenvalue weighted by Crippen LogP contribution is -2.33. The maximum Gasteiger partial charge on any atom is 0.472 e. The summed E-state index contributed by atoms with van der Waals surface area (Å²) < 4.78 is 110. The Morgan fingerprint density at radius 1 is 0.873 bits per heavy atom. The molecule has 3 saturated heterocycles. The molecular weight excluding hydrogens is 1000 g/mol. The van der Waals surface area contributed by atoms with Gasteiger partial charge in [0.2, 0.25) is 5.95 Å². The van der Waals surface area contributed by atoms with E-state index in [0.29, 0.717) is 12.0 Å². The molecule has 0 spiro atoms. The Labute approximate surface area is 404 Å². The van der Waals surface area contributed by atoms with Crippen LogP contribution < -0.4 is 26.5 Å². The highest BCUT2D eigenvalue weighted by Gasteiger charge is 2.53. The summed E-state index contributed by atoms with van der Waals surface area (Å²) in [7, 11) is -5.18. The van der Waals surface area contributed by atoms with E-state index in [1.807, 2.05) is 6.92 Å². The molecule has 3 aliphatic heterocycles. The van der Waals surface area contributed by atoms with Crippen molar-refractivity contribution >= 4 is 71.8 Å². The number of carbonyl (C=O) groups excluding carboxylic acids is 2. The van der Waals surface area contributed by atoms with Crippen molar-refractivity contribution in [1.29, 1.82) is 0 Å². The van der Waals surface area contributed by atoms with Gasteiger partial charge in [0.05, 0.1) is 37.5 Å². The van der Waals surface area contributed by atoms with Crippen LogP contribution in [0.5, 0.6) is 11.5 Å². The zero-order valence-corrected chi connectivity index (χ0v) is 40.0. The largest absolute Gasteiger partial charge is 0.472 e. The summed E-state index contributed by atoms with van der Waals surface area (Å²) in [4.78, 5) is 71.3. The predicted molar refractivity (Wildman–Crippen MR) is 247 cm³/mol. The highest BCUT2D eigenvalue weighted by Crippen LogP contribution is 2.62. The molecular formula is C42H46F2N10O14P2S. The number of carbonyl (C=O) groups is 2. The number of hydrogen-bond donors (Lipinski definition) is 4. The minimum absolute atomic E-state index is 0.0228. The van der Waals surface area contributed by atoms with Crippen molar-refractivity contribution in [2.45, 2.75) is 94.0 Å². The molecule has 7 heterocycles. The van der Waals surface area contributed by atoms with Crippen molar-refractivity contribution in [3.63, 3.8) is 0 Å². The Balaban J connectivity index is 0.942. The highest BCUT2D eigenvalue weighted by molar-refractivity contribution is 8.56. The molecule has 0 aliphatic carbocycles. The lowest BCUT2D eigenvalue weighted by atomic mass is 10.1. The molecule has 378 valence electrons. The van der Waals surface area contributed by atoms with Gasteiger partial charge in [0.15, 0.2) is 47.4 Å². The van der Waals surface area contributed by atoms with Crippen LogP contribution in [0.2, 0.25) is 0 Å². The molecule has 6 aromatic rings. The predicted octanol–water partition coefficient (Wildman–Crippen LogP) is 5.69. The number of hydrogen-bond acceptors (Lipinski definition) is 21. The van der Waals surface area contributed by atoms with E-state index in [9.17, 15) is 28.4 Å². The number of phosphoric acid groups is 1. The standard InChI is InChI=1S/C42H46F2N10O14P2S/c1-2-3-4-5-28(55)64-24-12-8-23(9-13-24)41(57)65-25-10-6-22(7-11-25)17-71-69(58)21-61-33-26(66-39(30(33)44)53-19-49-31-35(45)47-18-48-36(31)53)14-15-62-70(59,60)68-34-29(43)27(16-63-69)67-40(34)54-20-50-32-37(54)51-42(46)52-38(32)56/h6-13,18-20,26-27,29-30,33-34,39-40H,2-5,14-17,21H2,1H3,(H,59,60)(H2,45,47,48)(H3,46,51,52,56)/t26-,27?,29-,30-,33-,34-,39-,40-,69?/m1/s1. The van der Waals surface area contributed by atoms with Gasteiger partial charge in [-0.15, -0.1) is 0 Å². The van der Waals surface area contributed by atoms with Crippen molar-refractivity contribution in [3.05, 3.63) is 89.0 Å². The van der Waals surface area contributed by atoms with Crippen LogP contribution in [0.15, 0.2) is 72.3 Å². The monoisotopic (exact) mass is 1050 g/mol. The molecule has 6 N–H and O–H groups in total. The van der Waals surface area contributed by atoms with Gasteiger partial charge in [0.25, 0.3) is 12.1 Å². The van der Waals surface area contributed by atoms with Crippen molar-refractivity contribution in [2.24, 2.45) is 0 Å². The zero-order valence-electron chi connectivity index (χ0n) is 37.4. The minimum Gasteiger partial charge on any atom is -0.427 e. The summed E-state index contributed by atoms with van der Waals surface area (Å²) in [5.41, 5.74) is 11.7. The van der Waals surface area contributed by atoms with Crippen LogP contribution in [0.1, 0.15) is 67.4 Å². The van der Waals surface area contributed by atoms with Gasteiger partial charge < -0.3 is 44.6 Å². The van der Waals surface area contributed by atoms with E-state index in [0.717, 1.165) is 41.4 Å². The first-order valence-corrected chi connectivity index (χ1v) is 27.0. The Bertz CT molecular complexity index is 3060. The normalized spacial score (nSPS) is 28.3. The number of nitrogens with one attached hydrogen (secondary N) is 1. The van der Waals surface area contributed by atoms with Crippen LogP contribution in [0.3, 0.4) is 0 Å². The number of aromatic amines is 1. The summed E-state index contributed by atoms with van der Waals surface area (Å²) in [5.74, 6) is -0.904. The van der Waals surface area contributed by atoms with Crippen LogP contribution in [0, 0.1) is 0 Å². The number of nitrogen functional groups attached to an aromatic ring is 2. The second-order valence-electron chi connectivity index (χ2n) is 16.5. The molecule has 4 aromatic heterocycles. The van der Waals surface area contributed by atoms with Gasteiger partial charge in [-0.2, -0.15) is 4.98 Å². The number of halogens is 2. The fourth-order valence-corrected chi connectivity index (χ4v) is 12.3. The van der Waals surface area contributed by atoms with E-state index in [4.69, 9.17) is 48.7 Å². The van der Waals surface area contributed by atoms with Gasteiger partial charge in [0.1, 0.15) is 48.0 Å². The number of alkyl halides is 2. The van der Waals surface area contributed by atoms with E-state index in [-0.39, 0.29) is 75.7 Å². The van der Waals surface area contributed by atoms with Gasteiger partial charge in [-0.25, -0.2) is 38.1 Å². The quantitative estimate of drug-likeness (QED) is 0.0495. The number of nitrogens with two attached hydrogens (primary N) is 2. The molecule has 2 bridgehead atoms. The summed E-state index contributed by atoms with van der Waals surface area (Å²) in [6.07, 6.45) is -8.37. The second-order valence-corrected chi connectivity index (χ2v) is 22.6. The number of imidazole rings is 2. The van der Waals surface area contributed by atoms with Gasteiger partial charge in [-0.1, -0.05) is 43.3 Å². The van der Waals surface area contributed by atoms with E-state index in [1.54, 1.807) is 12.1 Å². The lowest BCUT2D eigenvalue weighted by Gasteiger charge is -2.25. The van der Waals surface area contributed by atoms with Crippen LogP contribution in [0.4, 0.5) is 20.5 Å². The highest BCUT2D eigenvalue weighted by atomic mass is 32.7. The minimum atomic E-state index is -5.18. The number of rotatable bonds is 12.